The summed E-state index contributed by atoms with van der Waals surface area (Å²) < 4.78 is 1.62. The molecule has 6 heteroatoms. The maximum atomic E-state index is 12.1. The molecule has 19 heavy (non-hydrogen) atoms. The number of hydrogen-bond donors (Lipinski definition) is 1. The fourth-order valence-electron chi connectivity index (χ4n) is 1.50. The van der Waals surface area contributed by atoms with Crippen molar-refractivity contribution in [2.75, 3.05) is 5.32 Å². The fraction of sp³-hybridized carbons (Fsp3) is 0.0769. The molecule has 0 atom stereocenters. The zero-order valence-electron chi connectivity index (χ0n) is 9.88. The van der Waals surface area contributed by atoms with Crippen LogP contribution in [0.15, 0.2) is 39.4 Å². The predicted molar refractivity (Wildman–Crippen MR) is 83.8 cm³/mol. The first-order valence-corrected chi connectivity index (χ1v) is 7.32. The number of carbonyl (C=O) groups is 1. The lowest BCUT2D eigenvalue weighted by Gasteiger charge is -2.08. The maximum absolute atomic E-state index is 12.1. The lowest BCUT2D eigenvalue weighted by molar-refractivity contribution is 0.102. The van der Waals surface area contributed by atoms with Gasteiger partial charge in [0.05, 0.1) is 17.4 Å². The van der Waals surface area contributed by atoms with Gasteiger partial charge in [-0.15, -0.1) is 0 Å². The molecule has 1 amide bonds. The number of carbonyl (C=O) groups excluding carboxylic acids is 1. The van der Waals surface area contributed by atoms with Crippen LogP contribution in [0.2, 0.25) is 5.15 Å². The van der Waals surface area contributed by atoms with E-state index in [0.29, 0.717) is 16.4 Å². The van der Waals surface area contributed by atoms with Gasteiger partial charge in [-0.3, -0.25) is 4.79 Å². The van der Waals surface area contributed by atoms with Gasteiger partial charge in [0.2, 0.25) is 0 Å². The highest BCUT2D eigenvalue weighted by Gasteiger charge is 2.11. The second-order valence-electron chi connectivity index (χ2n) is 3.91. The fourth-order valence-corrected chi connectivity index (χ4v) is 2.83. The molecule has 1 heterocycles. The Kier molecular flexibility index (Phi) is 4.60. The normalized spacial score (nSPS) is 10.3. The highest BCUT2D eigenvalue weighted by atomic mass is 79.9. The van der Waals surface area contributed by atoms with Gasteiger partial charge in [-0.1, -0.05) is 27.5 Å². The van der Waals surface area contributed by atoms with E-state index in [2.05, 4.69) is 42.2 Å². The third kappa shape index (κ3) is 3.55. The van der Waals surface area contributed by atoms with Crippen LogP contribution in [0.1, 0.15) is 15.9 Å². The molecule has 0 aliphatic carbocycles. The minimum atomic E-state index is -0.206. The third-order valence-corrected chi connectivity index (χ3v) is 3.99. The minimum absolute atomic E-state index is 0.206. The number of hydrogen-bond acceptors (Lipinski definition) is 2. The Morgan fingerprint density at radius 2 is 2.05 bits per heavy atom. The number of nitrogens with zero attached hydrogens (tertiary/aromatic N) is 1. The number of rotatable bonds is 2. The molecule has 0 bridgehead atoms. The van der Waals surface area contributed by atoms with Gasteiger partial charge < -0.3 is 5.32 Å². The SMILES string of the molecule is Cc1cc(NC(=O)c2ccc(Br)cc2Br)cnc1Cl. The van der Waals surface area contributed by atoms with E-state index in [4.69, 9.17) is 11.6 Å². The first kappa shape index (κ1) is 14.5. The van der Waals surface area contributed by atoms with Gasteiger partial charge in [0.25, 0.3) is 5.91 Å². The molecule has 0 saturated carbocycles. The molecule has 1 aromatic carbocycles. The molecular weight excluding hydrogens is 395 g/mol. The molecule has 0 aliphatic rings. The smallest absolute Gasteiger partial charge is 0.256 e. The number of aromatic nitrogens is 1. The number of benzene rings is 1. The Labute approximate surface area is 132 Å². The number of anilines is 1. The third-order valence-electron chi connectivity index (χ3n) is 2.45. The molecule has 0 saturated heterocycles. The largest absolute Gasteiger partial charge is 0.321 e. The highest BCUT2D eigenvalue weighted by Crippen LogP contribution is 2.23. The summed E-state index contributed by atoms with van der Waals surface area (Å²) in [5, 5.41) is 3.21. The summed E-state index contributed by atoms with van der Waals surface area (Å²) in [5.74, 6) is -0.206. The summed E-state index contributed by atoms with van der Waals surface area (Å²) in [6.45, 7) is 1.83. The van der Waals surface area contributed by atoms with Crippen LogP contribution in [0.5, 0.6) is 0 Å². The highest BCUT2D eigenvalue weighted by molar-refractivity contribution is 9.11. The molecule has 1 N–H and O–H groups in total. The standard InChI is InChI=1S/C13H9Br2ClN2O/c1-7-4-9(6-17-12(7)16)18-13(19)10-3-2-8(14)5-11(10)15/h2-6H,1H3,(H,18,19). The van der Waals surface area contributed by atoms with Crippen molar-refractivity contribution >= 4 is 55.1 Å². The summed E-state index contributed by atoms with van der Waals surface area (Å²) in [5.41, 5.74) is 1.98. The molecule has 0 spiro atoms. The summed E-state index contributed by atoms with van der Waals surface area (Å²) in [6, 6.07) is 7.14. The van der Waals surface area contributed by atoms with E-state index < -0.39 is 0 Å². The van der Waals surface area contributed by atoms with E-state index in [1.54, 1.807) is 12.1 Å². The number of pyridine rings is 1. The topological polar surface area (TPSA) is 42.0 Å². The van der Waals surface area contributed by atoms with Crippen LogP contribution in [0.25, 0.3) is 0 Å². The van der Waals surface area contributed by atoms with E-state index in [1.165, 1.54) is 6.20 Å². The number of nitrogens with one attached hydrogen (secondary N) is 1. The maximum Gasteiger partial charge on any atom is 0.256 e. The van der Waals surface area contributed by atoms with E-state index in [9.17, 15) is 4.79 Å². The Bertz CT molecular complexity index is 647. The zero-order chi connectivity index (χ0) is 14.0. The van der Waals surface area contributed by atoms with Crippen LogP contribution >= 0.6 is 43.5 Å². The Morgan fingerprint density at radius 3 is 2.68 bits per heavy atom. The first-order valence-electron chi connectivity index (χ1n) is 5.36. The molecule has 3 nitrogen and oxygen atoms in total. The molecule has 98 valence electrons. The average molecular weight is 404 g/mol. The van der Waals surface area contributed by atoms with Crippen LogP contribution in [0, 0.1) is 6.92 Å². The lowest BCUT2D eigenvalue weighted by Crippen LogP contribution is -2.12. The Balaban J connectivity index is 2.23. The van der Waals surface area contributed by atoms with E-state index >= 15 is 0 Å². The van der Waals surface area contributed by atoms with Gasteiger partial charge in [-0.2, -0.15) is 0 Å². The van der Waals surface area contributed by atoms with Crippen molar-refractivity contribution in [2.24, 2.45) is 0 Å². The zero-order valence-corrected chi connectivity index (χ0v) is 13.8. The molecule has 0 unspecified atom stereocenters. The molecular formula is C13H9Br2ClN2O. The van der Waals surface area contributed by atoms with Crippen molar-refractivity contribution in [1.29, 1.82) is 0 Å². The van der Waals surface area contributed by atoms with Gasteiger partial charge in [0, 0.05) is 8.95 Å². The molecule has 0 fully saturated rings. The van der Waals surface area contributed by atoms with Crippen molar-refractivity contribution in [1.82, 2.24) is 4.98 Å². The number of amides is 1. The molecule has 2 aromatic rings. The predicted octanol–water partition coefficient (Wildman–Crippen LogP) is 4.82. The van der Waals surface area contributed by atoms with Gasteiger partial charge in [0.1, 0.15) is 5.15 Å². The van der Waals surface area contributed by atoms with Crippen molar-refractivity contribution < 1.29 is 4.79 Å². The number of aryl methyl sites for hydroxylation is 1. The second kappa shape index (κ2) is 6.03. The van der Waals surface area contributed by atoms with Crippen molar-refractivity contribution in [3.05, 3.63) is 55.7 Å². The van der Waals surface area contributed by atoms with Crippen LogP contribution < -0.4 is 5.32 Å². The van der Waals surface area contributed by atoms with Crippen LogP contribution in [0.3, 0.4) is 0 Å². The van der Waals surface area contributed by atoms with Crippen LogP contribution in [-0.4, -0.2) is 10.9 Å². The van der Waals surface area contributed by atoms with Gasteiger partial charge in [0.15, 0.2) is 0 Å². The minimum Gasteiger partial charge on any atom is -0.321 e. The summed E-state index contributed by atoms with van der Waals surface area (Å²) in [4.78, 5) is 16.1. The molecule has 1 aromatic heterocycles. The van der Waals surface area contributed by atoms with Crippen LogP contribution in [-0.2, 0) is 0 Å². The van der Waals surface area contributed by atoms with Crippen LogP contribution in [0.4, 0.5) is 5.69 Å². The Morgan fingerprint density at radius 1 is 1.32 bits per heavy atom. The lowest BCUT2D eigenvalue weighted by atomic mass is 10.2. The van der Waals surface area contributed by atoms with Crippen molar-refractivity contribution in [3.8, 4) is 0 Å². The second-order valence-corrected chi connectivity index (χ2v) is 6.04. The summed E-state index contributed by atoms with van der Waals surface area (Å²) >= 11 is 12.5. The van der Waals surface area contributed by atoms with Gasteiger partial charge in [-0.25, -0.2) is 4.98 Å². The van der Waals surface area contributed by atoms with E-state index in [0.717, 1.165) is 14.5 Å². The summed E-state index contributed by atoms with van der Waals surface area (Å²) in [7, 11) is 0. The Hall–Kier alpha value is -0.910. The first-order chi connectivity index (χ1) is 8.97. The van der Waals surface area contributed by atoms with Crippen molar-refractivity contribution in [2.45, 2.75) is 6.92 Å². The molecule has 0 radical (unpaired) electrons. The summed E-state index contributed by atoms with van der Waals surface area (Å²) in [6.07, 6.45) is 1.53. The van der Waals surface area contributed by atoms with Gasteiger partial charge in [-0.05, 0) is 52.7 Å². The van der Waals surface area contributed by atoms with E-state index in [-0.39, 0.29) is 5.91 Å². The molecule has 0 aliphatic heterocycles. The van der Waals surface area contributed by atoms with Gasteiger partial charge >= 0.3 is 0 Å². The monoisotopic (exact) mass is 402 g/mol. The van der Waals surface area contributed by atoms with E-state index in [1.807, 2.05) is 19.1 Å². The quantitative estimate of drug-likeness (QED) is 0.729. The number of halogens is 3. The average Bonchev–Trinajstić information content (AvgIpc) is 2.33. The molecule has 2 rings (SSSR count). The van der Waals surface area contributed by atoms with Crippen molar-refractivity contribution in [3.63, 3.8) is 0 Å².